The quantitative estimate of drug-likeness (QED) is 0.851. The first-order valence-corrected chi connectivity index (χ1v) is 7.76. The molecule has 1 aliphatic heterocycles. The fourth-order valence-corrected chi connectivity index (χ4v) is 3.56. The van der Waals surface area contributed by atoms with E-state index in [0.29, 0.717) is 0 Å². The Morgan fingerprint density at radius 3 is 2.71 bits per heavy atom. The lowest BCUT2D eigenvalue weighted by atomic mass is 9.77. The molecule has 0 amide bonds. The standard InChI is InChI=1S/C18H19ClFN/c1-12-6-7-18(20)15(10-12)13-8-9-21-11-16(13)14-4-2-3-5-17(14)19/h2-7,10,13,16,21H,8-9,11H2,1H3. The van der Waals surface area contributed by atoms with Crippen molar-refractivity contribution in [2.75, 3.05) is 13.1 Å². The molecule has 0 radical (unpaired) electrons. The summed E-state index contributed by atoms with van der Waals surface area (Å²) in [5.41, 5.74) is 3.03. The van der Waals surface area contributed by atoms with Crippen molar-refractivity contribution in [1.82, 2.24) is 5.32 Å². The van der Waals surface area contributed by atoms with E-state index in [1.54, 1.807) is 6.07 Å². The molecule has 3 heteroatoms. The molecule has 1 nitrogen and oxygen atoms in total. The van der Waals surface area contributed by atoms with E-state index in [4.69, 9.17) is 11.6 Å². The van der Waals surface area contributed by atoms with E-state index in [2.05, 4.69) is 11.4 Å². The van der Waals surface area contributed by atoms with Gasteiger partial charge in [0.1, 0.15) is 5.82 Å². The highest BCUT2D eigenvalue weighted by Crippen LogP contribution is 2.40. The first-order chi connectivity index (χ1) is 10.2. The summed E-state index contributed by atoms with van der Waals surface area (Å²) in [6.07, 6.45) is 0.927. The first kappa shape index (κ1) is 14.6. The van der Waals surface area contributed by atoms with Gasteiger partial charge in [0.15, 0.2) is 0 Å². The minimum absolute atomic E-state index is 0.107. The molecule has 0 bridgehead atoms. The maximum absolute atomic E-state index is 14.3. The smallest absolute Gasteiger partial charge is 0.126 e. The summed E-state index contributed by atoms with van der Waals surface area (Å²) in [5, 5.41) is 4.18. The zero-order valence-corrected chi connectivity index (χ0v) is 12.8. The summed E-state index contributed by atoms with van der Waals surface area (Å²) < 4.78 is 14.3. The van der Waals surface area contributed by atoms with Gasteiger partial charge in [0.05, 0.1) is 0 Å². The van der Waals surface area contributed by atoms with Crippen LogP contribution in [0.4, 0.5) is 4.39 Å². The van der Waals surface area contributed by atoms with Crippen LogP contribution in [-0.4, -0.2) is 13.1 Å². The lowest BCUT2D eigenvalue weighted by molar-refractivity contribution is 0.393. The summed E-state index contributed by atoms with van der Waals surface area (Å²) >= 11 is 6.36. The van der Waals surface area contributed by atoms with Gasteiger partial charge in [0.2, 0.25) is 0 Å². The second kappa shape index (κ2) is 6.17. The fourth-order valence-electron chi connectivity index (χ4n) is 3.28. The van der Waals surface area contributed by atoms with Crippen LogP contribution < -0.4 is 5.32 Å². The summed E-state index contributed by atoms with van der Waals surface area (Å²) in [6, 6.07) is 13.3. The average Bonchev–Trinajstić information content (AvgIpc) is 2.50. The molecule has 0 saturated carbocycles. The van der Waals surface area contributed by atoms with E-state index in [1.165, 1.54) is 0 Å². The predicted molar refractivity (Wildman–Crippen MR) is 85.6 cm³/mol. The van der Waals surface area contributed by atoms with Crippen LogP contribution in [-0.2, 0) is 0 Å². The van der Waals surface area contributed by atoms with Gasteiger partial charge in [-0.1, -0.05) is 47.5 Å². The molecule has 1 N–H and O–H groups in total. The Balaban J connectivity index is 2.02. The molecule has 1 heterocycles. The van der Waals surface area contributed by atoms with Crippen LogP contribution in [0, 0.1) is 12.7 Å². The number of nitrogens with one attached hydrogen (secondary N) is 1. The molecular formula is C18H19ClFN. The van der Waals surface area contributed by atoms with Crippen molar-refractivity contribution in [2.45, 2.75) is 25.2 Å². The highest BCUT2D eigenvalue weighted by Gasteiger charge is 2.30. The highest BCUT2D eigenvalue weighted by atomic mass is 35.5. The Hall–Kier alpha value is -1.38. The minimum atomic E-state index is -0.107. The lowest BCUT2D eigenvalue weighted by Crippen LogP contribution is -2.34. The molecule has 1 aliphatic rings. The Morgan fingerprint density at radius 2 is 1.90 bits per heavy atom. The topological polar surface area (TPSA) is 12.0 Å². The minimum Gasteiger partial charge on any atom is -0.316 e. The van der Waals surface area contributed by atoms with Crippen molar-refractivity contribution in [2.24, 2.45) is 0 Å². The maximum Gasteiger partial charge on any atom is 0.126 e. The van der Waals surface area contributed by atoms with E-state index < -0.39 is 0 Å². The van der Waals surface area contributed by atoms with Crippen molar-refractivity contribution in [3.05, 3.63) is 70.0 Å². The van der Waals surface area contributed by atoms with Gasteiger partial charge in [-0.15, -0.1) is 0 Å². The number of halogens is 2. The third-order valence-electron chi connectivity index (χ3n) is 4.34. The number of hydrogen-bond donors (Lipinski definition) is 1. The largest absolute Gasteiger partial charge is 0.316 e. The Labute approximate surface area is 130 Å². The molecule has 0 aromatic heterocycles. The Kier molecular flexibility index (Phi) is 4.27. The molecule has 2 unspecified atom stereocenters. The molecule has 1 saturated heterocycles. The van der Waals surface area contributed by atoms with Gasteiger partial charge in [-0.05, 0) is 49.1 Å². The molecule has 1 fully saturated rings. The van der Waals surface area contributed by atoms with Gasteiger partial charge >= 0.3 is 0 Å². The van der Waals surface area contributed by atoms with E-state index in [9.17, 15) is 4.39 Å². The van der Waals surface area contributed by atoms with Crippen LogP contribution in [0.25, 0.3) is 0 Å². The van der Waals surface area contributed by atoms with Gasteiger partial charge in [0.25, 0.3) is 0 Å². The van der Waals surface area contributed by atoms with E-state index in [-0.39, 0.29) is 17.7 Å². The summed E-state index contributed by atoms with van der Waals surface area (Å²) in [7, 11) is 0. The van der Waals surface area contributed by atoms with Crippen LogP contribution in [0.2, 0.25) is 5.02 Å². The third kappa shape index (κ3) is 2.97. The number of rotatable bonds is 2. The fraction of sp³-hybridized carbons (Fsp3) is 0.333. The number of benzene rings is 2. The molecule has 0 spiro atoms. The molecule has 2 aromatic rings. The zero-order valence-electron chi connectivity index (χ0n) is 12.1. The van der Waals surface area contributed by atoms with Gasteiger partial charge in [-0.25, -0.2) is 4.39 Å². The van der Waals surface area contributed by atoms with Crippen molar-refractivity contribution < 1.29 is 4.39 Å². The molecule has 2 atom stereocenters. The van der Waals surface area contributed by atoms with Crippen molar-refractivity contribution >= 4 is 11.6 Å². The van der Waals surface area contributed by atoms with Gasteiger partial charge in [-0.3, -0.25) is 0 Å². The maximum atomic E-state index is 14.3. The van der Waals surface area contributed by atoms with Gasteiger partial charge in [0, 0.05) is 17.5 Å². The van der Waals surface area contributed by atoms with E-state index >= 15 is 0 Å². The molecule has 0 aliphatic carbocycles. The van der Waals surface area contributed by atoms with Crippen molar-refractivity contribution in [1.29, 1.82) is 0 Å². The van der Waals surface area contributed by atoms with E-state index in [0.717, 1.165) is 41.2 Å². The van der Waals surface area contributed by atoms with Gasteiger partial charge in [-0.2, -0.15) is 0 Å². The summed E-state index contributed by atoms with van der Waals surface area (Å²) in [6.45, 7) is 3.76. The van der Waals surface area contributed by atoms with Crippen LogP contribution >= 0.6 is 11.6 Å². The normalized spacial score (nSPS) is 22.2. The van der Waals surface area contributed by atoms with Crippen molar-refractivity contribution in [3.63, 3.8) is 0 Å². The van der Waals surface area contributed by atoms with Crippen LogP contribution in [0.15, 0.2) is 42.5 Å². The van der Waals surface area contributed by atoms with E-state index in [1.807, 2.05) is 37.3 Å². The molecular weight excluding hydrogens is 285 g/mol. The van der Waals surface area contributed by atoms with Crippen molar-refractivity contribution in [3.8, 4) is 0 Å². The molecule has 21 heavy (non-hydrogen) atoms. The average molecular weight is 304 g/mol. The third-order valence-corrected chi connectivity index (χ3v) is 4.68. The van der Waals surface area contributed by atoms with Crippen LogP contribution in [0.1, 0.15) is 34.9 Å². The monoisotopic (exact) mass is 303 g/mol. The molecule has 110 valence electrons. The molecule has 3 rings (SSSR count). The van der Waals surface area contributed by atoms with Crippen LogP contribution in [0.3, 0.4) is 0 Å². The van der Waals surface area contributed by atoms with Crippen LogP contribution in [0.5, 0.6) is 0 Å². The van der Waals surface area contributed by atoms with Gasteiger partial charge < -0.3 is 5.32 Å². The lowest BCUT2D eigenvalue weighted by Gasteiger charge is -2.33. The number of piperidine rings is 1. The number of aryl methyl sites for hydroxylation is 1. The highest BCUT2D eigenvalue weighted by molar-refractivity contribution is 6.31. The summed E-state index contributed by atoms with van der Waals surface area (Å²) in [5.74, 6) is 0.277. The predicted octanol–water partition coefficient (Wildman–Crippen LogP) is 4.65. The Bertz CT molecular complexity index is 641. The summed E-state index contributed by atoms with van der Waals surface area (Å²) in [4.78, 5) is 0. The SMILES string of the molecule is Cc1ccc(F)c(C2CCNCC2c2ccccc2Cl)c1. The number of hydrogen-bond acceptors (Lipinski definition) is 1. The Morgan fingerprint density at radius 1 is 1.10 bits per heavy atom. The zero-order chi connectivity index (χ0) is 14.8. The second-order valence-corrected chi connectivity index (χ2v) is 6.16. The molecule has 2 aromatic carbocycles. The first-order valence-electron chi connectivity index (χ1n) is 7.38. The second-order valence-electron chi connectivity index (χ2n) is 5.75.